The summed E-state index contributed by atoms with van der Waals surface area (Å²) in [7, 11) is 1.58. The molecule has 1 aromatic carbocycles. The van der Waals surface area contributed by atoms with Crippen molar-refractivity contribution >= 4 is 34.8 Å². The quantitative estimate of drug-likeness (QED) is 0.758. The third kappa shape index (κ3) is 5.12. The van der Waals surface area contributed by atoms with Crippen LogP contribution in [0.5, 0.6) is 0 Å². The number of anilines is 2. The Morgan fingerprint density at radius 1 is 1.22 bits per heavy atom. The van der Waals surface area contributed by atoms with Crippen molar-refractivity contribution in [2.75, 3.05) is 24.4 Å². The van der Waals surface area contributed by atoms with Gasteiger partial charge in [-0.05, 0) is 36.8 Å². The lowest BCUT2D eigenvalue weighted by Gasteiger charge is -2.12. The Hall–Kier alpha value is -2.31. The number of amides is 2. The van der Waals surface area contributed by atoms with Crippen molar-refractivity contribution in [3.05, 3.63) is 47.4 Å². The standard InChI is InChI=1S/C16H17ClN2O4/c1-22-8-3-5-15(20)18-12-7-6-11(17)10-13(12)19-16(21)14-4-2-9-23-14/h2,4,6-7,9-10H,3,5,8H2,1H3,(H,18,20)(H,19,21). The van der Waals surface area contributed by atoms with E-state index in [9.17, 15) is 9.59 Å². The van der Waals surface area contributed by atoms with Crippen molar-refractivity contribution in [2.24, 2.45) is 0 Å². The van der Waals surface area contributed by atoms with Crippen LogP contribution in [0.3, 0.4) is 0 Å². The van der Waals surface area contributed by atoms with Crippen LogP contribution in [-0.2, 0) is 9.53 Å². The lowest BCUT2D eigenvalue weighted by atomic mass is 10.2. The fourth-order valence-electron chi connectivity index (χ4n) is 1.91. The van der Waals surface area contributed by atoms with Gasteiger partial charge in [0.25, 0.3) is 5.91 Å². The minimum atomic E-state index is -0.424. The number of carbonyl (C=O) groups excluding carboxylic acids is 2. The maximum atomic E-state index is 12.1. The summed E-state index contributed by atoms with van der Waals surface area (Å²) >= 11 is 5.96. The van der Waals surface area contributed by atoms with Crippen LogP contribution >= 0.6 is 11.6 Å². The zero-order valence-corrected chi connectivity index (χ0v) is 13.4. The molecule has 0 atom stereocenters. The highest BCUT2D eigenvalue weighted by Gasteiger charge is 2.13. The van der Waals surface area contributed by atoms with Gasteiger partial charge >= 0.3 is 0 Å². The van der Waals surface area contributed by atoms with Crippen molar-refractivity contribution in [1.82, 2.24) is 0 Å². The number of halogens is 1. The molecule has 0 radical (unpaired) electrons. The molecule has 0 unspecified atom stereocenters. The van der Waals surface area contributed by atoms with Crippen molar-refractivity contribution in [2.45, 2.75) is 12.8 Å². The number of nitrogens with one attached hydrogen (secondary N) is 2. The van der Waals surface area contributed by atoms with Gasteiger partial charge in [0, 0.05) is 25.2 Å². The number of hydrogen-bond acceptors (Lipinski definition) is 4. The second kappa shape index (κ2) is 8.36. The maximum Gasteiger partial charge on any atom is 0.291 e. The first-order chi connectivity index (χ1) is 11.1. The van der Waals surface area contributed by atoms with Crippen LogP contribution in [0.4, 0.5) is 11.4 Å². The number of benzene rings is 1. The molecule has 2 aromatic rings. The van der Waals surface area contributed by atoms with E-state index in [1.165, 1.54) is 6.26 Å². The van der Waals surface area contributed by atoms with Crippen molar-refractivity contribution in [1.29, 1.82) is 0 Å². The maximum absolute atomic E-state index is 12.1. The minimum Gasteiger partial charge on any atom is -0.459 e. The van der Waals surface area contributed by atoms with Crippen molar-refractivity contribution in [3.63, 3.8) is 0 Å². The predicted molar refractivity (Wildman–Crippen MR) is 87.9 cm³/mol. The molecule has 0 aliphatic heterocycles. The van der Waals surface area contributed by atoms with Gasteiger partial charge in [0.05, 0.1) is 17.6 Å². The average Bonchev–Trinajstić information content (AvgIpc) is 3.05. The van der Waals surface area contributed by atoms with E-state index in [1.54, 1.807) is 37.4 Å². The number of rotatable bonds is 7. The van der Waals surface area contributed by atoms with Gasteiger partial charge in [-0.1, -0.05) is 11.6 Å². The number of hydrogen-bond donors (Lipinski definition) is 2. The summed E-state index contributed by atoms with van der Waals surface area (Å²) in [6, 6.07) is 7.99. The lowest BCUT2D eigenvalue weighted by Crippen LogP contribution is -2.16. The third-order valence-corrected chi connectivity index (χ3v) is 3.24. The highest BCUT2D eigenvalue weighted by Crippen LogP contribution is 2.26. The van der Waals surface area contributed by atoms with E-state index in [4.69, 9.17) is 20.8 Å². The number of carbonyl (C=O) groups is 2. The third-order valence-electron chi connectivity index (χ3n) is 3.00. The second-order valence-electron chi connectivity index (χ2n) is 4.77. The van der Waals surface area contributed by atoms with E-state index in [0.717, 1.165) is 0 Å². The Bertz CT molecular complexity index is 671. The van der Waals surface area contributed by atoms with Crippen molar-refractivity contribution < 1.29 is 18.7 Å². The van der Waals surface area contributed by atoms with Gasteiger partial charge in [0.2, 0.25) is 5.91 Å². The molecule has 0 fully saturated rings. The topological polar surface area (TPSA) is 80.6 Å². The van der Waals surface area contributed by atoms with Crippen LogP contribution in [0.1, 0.15) is 23.4 Å². The fraction of sp³-hybridized carbons (Fsp3) is 0.250. The molecule has 23 heavy (non-hydrogen) atoms. The van der Waals surface area contributed by atoms with Crippen LogP contribution in [0.2, 0.25) is 5.02 Å². The van der Waals surface area contributed by atoms with E-state index < -0.39 is 5.91 Å². The Kier molecular flexibility index (Phi) is 6.19. The SMILES string of the molecule is COCCCC(=O)Nc1ccc(Cl)cc1NC(=O)c1ccco1. The minimum absolute atomic E-state index is 0.169. The predicted octanol–water partition coefficient (Wildman–Crippen LogP) is 3.55. The van der Waals surface area contributed by atoms with Crippen LogP contribution < -0.4 is 10.6 Å². The lowest BCUT2D eigenvalue weighted by molar-refractivity contribution is -0.116. The van der Waals surface area contributed by atoms with Gasteiger partial charge in [0.1, 0.15) is 0 Å². The molecule has 0 aliphatic carbocycles. The van der Waals surface area contributed by atoms with Crippen LogP contribution in [0.15, 0.2) is 41.0 Å². The average molecular weight is 337 g/mol. The van der Waals surface area contributed by atoms with E-state index in [0.29, 0.717) is 35.8 Å². The van der Waals surface area contributed by atoms with Gasteiger partial charge in [-0.2, -0.15) is 0 Å². The molecule has 6 nitrogen and oxygen atoms in total. The summed E-state index contributed by atoms with van der Waals surface area (Å²) in [6.07, 6.45) is 2.34. The van der Waals surface area contributed by atoms with Crippen LogP contribution in [0.25, 0.3) is 0 Å². The first kappa shape index (κ1) is 17.1. The molecule has 1 heterocycles. The molecule has 0 bridgehead atoms. The van der Waals surface area contributed by atoms with E-state index >= 15 is 0 Å². The molecule has 122 valence electrons. The van der Waals surface area contributed by atoms with Gasteiger partial charge in [-0.3, -0.25) is 9.59 Å². The van der Waals surface area contributed by atoms with E-state index in [-0.39, 0.29) is 11.7 Å². The highest BCUT2D eigenvalue weighted by molar-refractivity contribution is 6.31. The fourth-order valence-corrected chi connectivity index (χ4v) is 2.08. The summed E-state index contributed by atoms with van der Waals surface area (Å²) in [5.74, 6) is -0.424. The van der Waals surface area contributed by atoms with Crippen LogP contribution in [-0.4, -0.2) is 25.5 Å². The zero-order valence-electron chi connectivity index (χ0n) is 12.6. The number of methoxy groups -OCH3 is 1. The Morgan fingerprint density at radius 2 is 2.04 bits per heavy atom. The summed E-state index contributed by atoms with van der Waals surface area (Å²) in [4.78, 5) is 24.0. The number of furan rings is 1. The largest absolute Gasteiger partial charge is 0.459 e. The molecule has 0 saturated carbocycles. The molecule has 2 rings (SSSR count). The molecule has 0 saturated heterocycles. The molecule has 7 heteroatoms. The molecule has 0 spiro atoms. The van der Waals surface area contributed by atoms with Gasteiger partial charge in [-0.15, -0.1) is 0 Å². The molecule has 2 N–H and O–H groups in total. The van der Waals surface area contributed by atoms with Gasteiger partial charge in [0.15, 0.2) is 5.76 Å². The smallest absolute Gasteiger partial charge is 0.291 e. The summed E-state index contributed by atoms with van der Waals surface area (Å²) in [6.45, 7) is 0.510. The monoisotopic (exact) mass is 336 g/mol. The zero-order chi connectivity index (χ0) is 16.7. The molecule has 1 aromatic heterocycles. The summed E-state index contributed by atoms with van der Waals surface area (Å²) < 4.78 is 9.95. The number of ether oxygens (including phenoxy) is 1. The van der Waals surface area contributed by atoms with Gasteiger partial charge in [-0.25, -0.2) is 0 Å². The van der Waals surface area contributed by atoms with Gasteiger partial charge < -0.3 is 19.8 Å². The van der Waals surface area contributed by atoms with Crippen molar-refractivity contribution in [3.8, 4) is 0 Å². The van der Waals surface area contributed by atoms with E-state index in [1.807, 2.05) is 0 Å². The second-order valence-corrected chi connectivity index (χ2v) is 5.20. The van der Waals surface area contributed by atoms with E-state index in [2.05, 4.69) is 10.6 Å². The Balaban J connectivity index is 2.08. The molecule has 0 aliphatic rings. The Morgan fingerprint density at radius 3 is 2.74 bits per heavy atom. The molecule has 2 amide bonds. The first-order valence-corrected chi connectivity index (χ1v) is 7.41. The van der Waals surface area contributed by atoms with Crippen LogP contribution in [0, 0.1) is 0 Å². The normalized spacial score (nSPS) is 10.3. The summed E-state index contributed by atoms with van der Waals surface area (Å²) in [5, 5.41) is 5.86. The molecular formula is C16H17ClN2O4. The Labute approximate surface area is 138 Å². The first-order valence-electron chi connectivity index (χ1n) is 7.03. The summed E-state index contributed by atoms with van der Waals surface area (Å²) in [5.41, 5.74) is 0.871. The molecular weight excluding hydrogens is 320 g/mol. The highest BCUT2D eigenvalue weighted by atomic mass is 35.5.